The number of halogens is 1. The smallest absolute Gasteiger partial charge is 0.241 e. The van der Waals surface area contributed by atoms with E-state index in [0.717, 1.165) is 11.3 Å². The molecule has 0 amide bonds. The standard InChI is InChI=1S/C12H12ClN5/c1-7-6-10(8-2-4-9(13)5-3-8)18-12(15-7)16-11(14)17-18/h2-6,10H,1H3,(H3,14,15,16,17)/t10-/m1/s1. The number of rotatable bonds is 1. The molecular weight excluding hydrogens is 250 g/mol. The highest BCUT2D eigenvalue weighted by atomic mass is 35.5. The number of hydrogen-bond acceptors (Lipinski definition) is 4. The van der Waals surface area contributed by atoms with Crippen LogP contribution in [0.4, 0.5) is 11.9 Å². The Morgan fingerprint density at radius 3 is 2.78 bits per heavy atom. The molecule has 92 valence electrons. The zero-order valence-electron chi connectivity index (χ0n) is 9.76. The summed E-state index contributed by atoms with van der Waals surface area (Å²) in [4.78, 5) is 4.15. The highest BCUT2D eigenvalue weighted by molar-refractivity contribution is 6.30. The van der Waals surface area contributed by atoms with Gasteiger partial charge in [0, 0.05) is 10.7 Å². The minimum atomic E-state index is -0.0108. The number of allylic oxidation sites excluding steroid dienone is 2. The van der Waals surface area contributed by atoms with Crippen LogP contribution in [0.3, 0.4) is 0 Å². The molecule has 2 heterocycles. The van der Waals surface area contributed by atoms with Gasteiger partial charge in [-0.3, -0.25) is 0 Å². The van der Waals surface area contributed by atoms with Crippen molar-refractivity contribution in [3.63, 3.8) is 0 Å². The molecule has 2 aromatic rings. The molecule has 0 bridgehead atoms. The van der Waals surface area contributed by atoms with Gasteiger partial charge in [0.1, 0.15) is 6.04 Å². The van der Waals surface area contributed by atoms with Crippen molar-refractivity contribution in [1.29, 1.82) is 0 Å². The van der Waals surface area contributed by atoms with E-state index in [1.807, 2.05) is 31.2 Å². The van der Waals surface area contributed by atoms with Crippen molar-refractivity contribution in [2.75, 3.05) is 11.1 Å². The van der Waals surface area contributed by atoms with Gasteiger partial charge in [0.05, 0.1) is 0 Å². The summed E-state index contributed by atoms with van der Waals surface area (Å²) in [7, 11) is 0. The average Bonchev–Trinajstić information content (AvgIpc) is 2.69. The average molecular weight is 262 g/mol. The molecule has 0 spiro atoms. The summed E-state index contributed by atoms with van der Waals surface area (Å²) in [6.45, 7) is 1.98. The molecule has 0 radical (unpaired) electrons. The molecule has 1 aliphatic heterocycles. The predicted molar refractivity (Wildman–Crippen MR) is 71.4 cm³/mol. The fourth-order valence-electron chi connectivity index (χ4n) is 2.04. The largest absolute Gasteiger partial charge is 0.366 e. The molecule has 0 aliphatic carbocycles. The van der Waals surface area contributed by atoms with E-state index < -0.39 is 0 Å². The van der Waals surface area contributed by atoms with Gasteiger partial charge in [0.15, 0.2) is 0 Å². The molecule has 3 rings (SSSR count). The van der Waals surface area contributed by atoms with Crippen molar-refractivity contribution in [2.24, 2.45) is 0 Å². The van der Waals surface area contributed by atoms with Crippen LogP contribution >= 0.6 is 11.6 Å². The second kappa shape index (κ2) is 4.03. The van der Waals surface area contributed by atoms with E-state index in [4.69, 9.17) is 17.3 Å². The van der Waals surface area contributed by atoms with Crippen LogP contribution in [0.2, 0.25) is 5.02 Å². The first-order valence-corrected chi connectivity index (χ1v) is 5.94. The Morgan fingerprint density at radius 2 is 2.06 bits per heavy atom. The first-order valence-electron chi connectivity index (χ1n) is 5.56. The fraction of sp³-hybridized carbons (Fsp3) is 0.167. The SMILES string of the molecule is CC1=C[C@H](c2ccc(Cl)cc2)n2nc(N)nc2N1. The number of aromatic nitrogens is 3. The maximum atomic E-state index is 5.90. The second-order valence-corrected chi connectivity index (χ2v) is 4.65. The molecule has 18 heavy (non-hydrogen) atoms. The van der Waals surface area contributed by atoms with Crippen molar-refractivity contribution in [3.05, 3.63) is 46.6 Å². The Hall–Kier alpha value is -2.01. The lowest BCUT2D eigenvalue weighted by Crippen LogP contribution is -2.19. The first-order chi connectivity index (χ1) is 8.63. The first kappa shape index (κ1) is 11.1. The van der Waals surface area contributed by atoms with Gasteiger partial charge in [-0.25, -0.2) is 4.68 Å². The molecule has 6 heteroatoms. The number of anilines is 2. The lowest BCUT2D eigenvalue weighted by molar-refractivity contribution is 0.605. The second-order valence-electron chi connectivity index (χ2n) is 4.21. The van der Waals surface area contributed by atoms with Crippen molar-refractivity contribution >= 4 is 23.5 Å². The molecule has 1 atom stereocenters. The number of benzene rings is 1. The summed E-state index contributed by atoms with van der Waals surface area (Å²) in [6.07, 6.45) is 2.07. The minimum Gasteiger partial charge on any atom is -0.366 e. The Bertz CT molecular complexity index is 614. The molecule has 1 aromatic heterocycles. The van der Waals surface area contributed by atoms with Crippen LogP contribution < -0.4 is 11.1 Å². The van der Waals surface area contributed by atoms with Crippen LogP contribution in [0.5, 0.6) is 0 Å². The fourth-order valence-corrected chi connectivity index (χ4v) is 2.17. The highest BCUT2D eigenvalue weighted by Crippen LogP contribution is 2.29. The highest BCUT2D eigenvalue weighted by Gasteiger charge is 2.22. The monoisotopic (exact) mass is 261 g/mol. The third-order valence-electron chi connectivity index (χ3n) is 2.84. The Morgan fingerprint density at radius 1 is 1.33 bits per heavy atom. The van der Waals surface area contributed by atoms with Crippen molar-refractivity contribution in [3.8, 4) is 0 Å². The quantitative estimate of drug-likeness (QED) is 0.827. The lowest BCUT2D eigenvalue weighted by atomic mass is 10.1. The van der Waals surface area contributed by atoms with E-state index in [2.05, 4.69) is 21.5 Å². The lowest BCUT2D eigenvalue weighted by Gasteiger charge is -2.22. The van der Waals surface area contributed by atoms with E-state index >= 15 is 0 Å². The zero-order chi connectivity index (χ0) is 12.7. The van der Waals surface area contributed by atoms with Crippen LogP contribution in [0, 0.1) is 0 Å². The third kappa shape index (κ3) is 1.82. The molecule has 1 aromatic carbocycles. The van der Waals surface area contributed by atoms with Gasteiger partial charge in [0.2, 0.25) is 11.9 Å². The molecule has 5 nitrogen and oxygen atoms in total. The Balaban J connectivity index is 2.09. The van der Waals surface area contributed by atoms with Gasteiger partial charge in [-0.2, -0.15) is 4.98 Å². The van der Waals surface area contributed by atoms with Crippen molar-refractivity contribution in [1.82, 2.24) is 14.8 Å². The van der Waals surface area contributed by atoms with Crippen LogP contribution in [0.1, 0.15) is 18.5 Å². The van der Waals surface area contributed by atoms with Crippen LogP contribution in [-0.2, 0) is 0 Å². The maximum absolute atomic E-state index is 5.90. The summed E-state index contributed by atoms with van der Waals surface area (Å²) in [5.74, 6) is 0.923. The molecular formula is C12H12ClN5. The number of nitrogen functional groups attached to an aromatic ring is 1. The minimum absolute atomic E-state index is 0.0108. The molecule has 0 unspecified atom stereocenters. The summed E-state index contributed by atoms with van der Waals surface area (Å²) in [5, 5.41) is 8.06. The van der Waals surface area contributed by atoms with Gasteiger partial charge in [0.25, 0.3) is 0 Å². The number of nitrogens with two attached hydrogens (primary N) is 1. The summed E-state index contributed by atoms with van der Waals surface area (Å²) in [6, 6.07) is 7.67. The topological polar surface area (TPSA) is 68.8 Å². The molecule has 0 fully saturated rings. The Kier molecular flexibility index (Phi) is 2.48. The van der Waals surface area contributed by atoms with E-state index in [9.17, 15) is 0 Å². The van der Waals surface area contributed by atoms with Crippen LogP contribution in [0.15, 0.2) is 36.0 Å². The Labute approximate surface area is 109 Å². The van der Waals surface area contributed by atoms with Gasteiger partial charge < -0.3 is 11.1 Å². The number of nitrogens with zero attached hydrogens (tertiary/aromatic N) is 3. The summed E-state index contributed by atoms with van der Waals surface area (Å²) >= 11 is 5.90. The number of fused-ring (bicyclic) bond motifs is 1. The van der Waals surface area contributed by atoms with Crippen LogP contribution in [0.25, 0.3) is 0 Å². The van der Waals surface area contributed by atoms with E-state index in [1.165, 1.54) is 0 Å². The van der Waals surface area contributed by atoms with Gasteiger partial charge in [-0.05, 0) is 30.7 Å². The predicted octanol–water partition coefficient (Wildman–Crippen LogP) is 2.43. The molecule has 0 saturated carbocycles. The normalized spacial score (nSPS) is 17.9. The number of hydrogen-bond donors (Lipinski definition) is 2. The molecule has 3 N–H and O–H groups in total. The third-order valence-corrected chi connectivity index (χ3v) is 3.09. The molecule has 1 aliphatic rings. The van der Waals surface area contributed by atoms with Crippen molar-refractivity contribution < 1.29 is 0 Å². The van der Waals surface area contributed by atoms with Crippen LogP contribution in [-0.4, -0.2) is 14.8 Å². The maximum Gasteiger partial charge on any atom is 0.241 e. The van der Waals surface area contributed by atoms with Gasteiger partial charge in [-0.1, -0.05) is 23.7 Å². The van der Waals surface area contributed by atoms with Gasteiger partial charge >= 0.3 is 0 Å². The number of nitrogens with one attached hydrogen (secondary N) is 1. The van der Waals surface area contributed by atoms with Gasteiger partial charge in [-0.15, -0.1) is 5.10 Å². The van der Waals surface area contributed by atoms with E-state index in [1.54, 1.807) is 4.68 Å². The van der Waals surface area contributed by atoms with Crippen molar-refractivity contribution in [2.45, 2.75) is 13.0 Å². The summed E-state index contributed by atoms with van der Waals surface area (Å²) < 4.78 is 1.77. The summed E-state index contributed by atoms with van der Waals surface area (Å²) in [5.41, 5.74) is 7.75. The molecule has 0 saturated heterocycles. The van der Waals surface area contributed by atoms with E-state index in [-0.39, 0.29) is 12.0 Å². The zero-order valence-corrected chi connectivity index (χ0v) is 10.5. The van der Waals surface area contributed by atoms with E-state index in [0.29, 0.717) is 11.0 Å².